The molecule has 1 unspecified atom stereocenters. The van der Waals surface area contributed by atoms with Crippen LogP contribution in [-0.2, 0) is 6.54 Å². The predicted octanol–water partition coefficient (Wildman–Crippen LogP) is 3.06. The number of rotatable bonds is 6. The van der Waals surface area contributed by atoms with Crippen LogP contribution in [0.5, 0.6) is 0 Å². The highest BCUT2D eigenvalue weighted by Gasteiger charge is 2.01. The monoisotopic (exact) mass is 227 g/mol. The molecule has 0 aromatic heterocycles. The molecule has 0 fully saturated rings. The quantitative estimate of drug-likeness (QED) is 0.750. The summed E-state index contributed by atoms with van der Waals surface area (Å²) in [5.41, 5.74) is 0.745. The van der Waals surface area contributed by atoms with Crippen molar-refractivity contribution in [2.45, 2.75) is 25.1 Å². The first-order valence-corrected chi connectivity index (χ1v) is 6.49. The summed E-state index contributed by atoms with van der Waals surface area (Å²) in [6.07, 6.45) is 3.23. The second kappa shape index (κ2) is 6.85. The fourth-order valence-electron chi connectivity index (χ4n) is 1.29. The Morgan fingerprint density at radius 3 is 2.80 bits per heavy atom. The second-order valence-corrected chi connectivity index (χ2v) is 4.88. The number of benzene rings is 1. The van der Waals surface area contributed by atoms with Crippen molar-refractivity contribution >= 4 is 11.8 Å². The Morgan fingerprint density at radius 2 is 2.13 bits per heavy atom. The number of thioether (sulfide) groups is 1. The van der Waals surface area contributed by atoms with Crippen molar-refractivity contribution in [1.82, 2.24) is 5.32 Å². The van der Waals surface area contributed by atoms with Gasteiger partial charge in [0, 0.05) is 17.4 Å². The zero-order chi connectivity index (χ0) is 11.1. The van der Waals surface area contributed by atoms with E-state index in [1.807, 2.05) is 23.9 Å². The lowest BCUT2D eigenvalue weighted by atomic mass is 10.2. The topological polar surface area (TPSA) is 12.0 Å². The van der Waals surface area contributed by atoms with E-state index >= 15 is 0 Å². The maximum atomic E-state index is 13.2. The van der Waals surface area contributed by atoms with Crippen LogP contribution in [-0.4, -0.2) is 18.1 Å². The number of nitrogens with one attached hydrogen (secondary N) is 1. The molecule has 1 atom stereocenters. The molecule has 0 aliphatic heterocycles. The fraction of sp³-hybridized carbons (Fsp3) is 0.500. The van der Waals surface area contributed by atoms with E-state index in [0.717, 1.165) is 18.5 Å². The van der Waals surface area contributed by atoms with Gasteiger partial charge >= 0.3 is 0 Å². The summed E-state index contributed by atoms with van der Waals surface area (Å²) < 4.78 is 13.2. The van der Waals surface area contributed by atoms with Crippen LogP contribution >= 0.6 is 11.8 Å². The van der Waals surface area contributed by atoms with Crippen LogP contribution in [0.1, 0.15) is 18.9 Å². The molecule has 0 spiro atoms. The molecule has 0 aliphatic rings. The summed E-state index contributed by atoms with van der Waals surface area (Å²) in [5, 5.41) is 3.92. The molecule has 0 bridgehead atoms. The fourth-order valence-corrected chi connectivity index (χ4v) is 1.64. The molecule has 84 valence electrons. The minimum atomic E-state index is -0.122. The van der Waals surface area contributed by atoms with Gasteiger partial charge in [-0.25, -0.2) is 4.39 Å². The Kier molecular flexibility index (Phi) is 5.73. The lowest BCUT2D eigenvalue weighted by molar-refractivity contribution is 0.581. The van der Waals surface area contributed by atoms with Gasteiger partial charge < -0.3 is 5.32 Å². The lowest BCUT2D eigenvalue weighted by Gasteiger charge is -2.09. The lowest BCUT2D eigenvalue weighted by Crippen LogP contribution is -2.18. The summed E-state index contributed by atoms with van der Waals surface area (Å²) in [4.78, 5) is 0. The van der Waals surface area contributed by atoms with Gasteiger partial charge in [-0.05, 0) is 25.3 Å². The van der Waals surface area contributed by atoms with Crippen LogP contribution in [0, 0.1) is 5.82 Å². The van der Waals surface area contributed by atoms with Gasteiger partial charge in [0.15, 0.2) is 0 Å². The molecule has 0 radical (unpaired) electrons. The molecule has 15 heavy (non-hydrogen) atoms. The number of halogens is 1. The number of hydrogen-bond acceptors (Lipinski definition) is 2. The minimum absolute atomic E-state index is 0.122. The van der Waals surface area contributed by atoms with E-state index in [1.54, 1.807) is 6.07 Å². The average Bonchev–Trinajstić information content (AvgIpc) is 2.26. The van der Waals surface area contributed by atoms with Crippen LogP contribution in [0.25, 0.3) is 0 Å². The summed E-state index contributed by atoms with van der Waals surface area (Å²) in [5.74, 6) is -0.122. The molecule has 1 aromatic carbocycles. The predicted molar refractivity (Wildman–Crippen MR) is 65.7 cm³/mol. The third-order valence-electron chi connectivity index (χ3n) is 2.40. The van der Waals surface area contributed by atoms with Crippen molar-refractivity contribution < 1.29 is 4.39 Å². The van der Waals surface area contributed by atoms with E-state index in [0.29, 0.717) is 11.8 Å². The molecule has 1 aromatic rings. The van der Waals surface area contributed by atoms with Gasteiger partial charge in [-0.15, -0.1) is 0 Å². The van der Waals surface area contributed by atoms with Crippen LogP contribution in [0.2, 0.25) is 0 Å². The Morgan fingerprint density at radius 1 is 1.40 bits per heavy atom. The SMILES string of the molecule is CSC(C)CCNCc1ccccc1F. The highest BCUT2D eigenvalue weighted by Crippen LogP contribution is 2.09. The third-order valence-corrected chi connectivity index (χ3v) is 3.44. The smallest absolute Gasteiger partial charge is 0.127 e. The molecule has 3 heteroatoms. The van der Waals surface area contributed by atoms with Gasteiger partial charge in [-0.2, -0.15) is 11.8 Å². The van der Waals surface area contributed by atoms with Crippen molar-refractivity contribution in [1.29, 1.82) is 0 Å². The van der Waals surface area contributed by atoms with Crippen LogP contribution in [0.15, 0.2) is 24.3 Å². The van der Waals surface area contributed by atoms with Gasteiger partial charge in [-0.1, -0.05) is 25.1 Å². The first kappa shape index (κ1) is 12.5. The normalized spacial score (nSPS) is 12.7. The largest absolute Gasteiger partial charge is 0.313 e. The summed E-state index contributed by atoms with van der Waals surface area (Å²) >= 11 is 1.86. The van der Waals surface area contributed by atoms with E-state index < -0.39 is 0 Å². The van der Waals surface area contributed by atoms with Crippen LogP contribution in [0.3, 0.4) is 0 Å². The molecular formula is C12H18FNS. The Balaban J connectivity index is 2.23. The Bertz CT molecular complexity index is 291. The maximum absolute atomic E-state index is 13.2. The molecule has 0 saturated heterocycles. The van der Waals surface area contributed by atoms with E-state index in [9.17, 15) is 4.39 Å². The number of hydrogen-bond donors (Lipinski definition) is 1. The molecule has 0 aliphatic carbocycles. The zero-order valence-electron chi connectivity index (χ0n) is 9.29. The van der Waals surface area contributed by atoms with Crippen LogP contribution in [0.4, 0.5) is 4.39 Å². The van der Waals surface area contributed by atoms with E-state index in [1.165, 1.54) is 6.07 Å². The average molecular weight is 227 g/mol. The molecular weight excluding hydrogens is 209 g/mol. The molecule has 1 rings (SSSR count). The standard InChI is InChI=1S/C12H18FNS/c1-10(15-2)7-8-14-9-11-5-3-4-6-12(11)13/h3-6,10,14H,7-9H2,1-2H3. The van der Waals surface area contributed by atoms with Gasteiger partial charge in [0.25, 0.3) is 0 Å². The summed E-state index contributed by atoms with van der Waals surface area (Å²) in [6.45, 7) is 3.76. The molecule has 0 amide bonds. The van der Waals surface area contributed by atoms with Gasteiger partial charge in [0.05, 0.1) is 0 Å². The van der Waals surface area contributed by atoms with Crippen molar-refractivity contribution in [3.63, 3.8) is 0 Å². The Labute approximate surface area is 95.5 Å². The van der Waals surface area contributed by atoms with E-state index in [4.69, 9.17) is 0 Å². The van der Waals surface area contributed by atoms with Crippen molar-refractivity contribution in [2.75, 3.05) is 12.8 Å². The second-order valence-electron chi connectivity index (χ2n) is 3.60. The van der Waals surface area contributed by atoms with Gasteiger partial charge in [-0.3, -0.25) is 0 Å². The highest BCUT2D eigenvalue weighted by molar-refractivity contribution is 7.99. The van der Waals surface area contributed by atoms with Crippen LogP contribution < -0.4 is 5.32 Å². The van der Waals surface area contributed by atoms with Crippen molar-refractivity contribution in [3.8, 4) is 0 Å². The van der Waals surface area contributed by atoms with E-state index in [2.05, 4.69) is 18.5 Å². The minimum Gasteiger partial charge on any atom is -0.313 e. The van der Waals surface area contributed by atoms with Crippen molar-refractivity contribution in [3.05, 3.63) is 35.6 Å². The van der Waals surface area contributed by atoms with E-state index in [-0.39, 0.29) is 5.82 Å². The summed E-state index contributed by atoms with van der Waals surface area (Å²) in [6, 6.07) is 6.90. The van der Waals surface area contributed by atoms with Gasteiger partial charge in [0.1, 0.15) is 5.82 Å². The molecule has 0 saturated carbocycles. The third kappa shape index (κ3) is 4.67. The zero-order valence-corrected chi connectivity index (χ0v) is 10.1. The first-order valence-electron chi connectivity index (χ1n) is 5.21. The van der Waals surface area contributed by atoms with Gasteiger partial charge in [0.2, 0.25) is 0 Å². The first-order chi connectivity index (χ1) is 7.24. The maximum Gasteiger partial charge on any atom is 0.127 e. The molecule has 0 heterocycles. The Hall–Kier alpha value is -0.540. The van der Waals surface area contributed by atoms with Crippen molar-refractivity contribution in [2.24, 2.45) is 0 Å². The summed E-state index contributed by atoms with van der Waals surface area (Å²) in [7, 11) is 0. The molecule has 1 N–H and O–H groups in total. The highest BCUT2D eigenvalue weighted by atomic mass is 32.2. The molecule has 1 nitrogen and oxygen atoms in total.